The minimum absolute atomic E-state index is 0.124. The summed E-state index contributed by atoms with van der Waals surface area (Å²) in [5, 5.41) is 3.39. The lowest BCUT2D eigenvalue weighted by molar-refractivity contribution is -0.125. The van der Waals surface area contributed by atoms with Crippen molar-refractivity contribution in [2.45, 2.75) is 24.1 Å². The largest absolute Gasteiger partial charge is 0.486 e. The molecule has 0 radical (unpaired) electrons. The third kappa shape index (κ3) is 2.84. The fourth-order valence-electron chi connectivity index (χ4n) is 2.47. The molecular weight excluding hydrogens is 349 g/mol. The minimum atomic E-state index is -0.947. The summed E-state index contributed by atoms with van der Waals surface area (Å²) in [5.74, 6) is 1.11. The standard InChI is InChI=1S/C15H16Cl3NO3/c1-14(8-15(14,17)18)13(20)19-3-2-9-6-10(16)12-11(7-9)21-4-5-22-12/h6-7H,2-5,8H2,1H3,(H,19,20). The molecule has 2 aliphatic rings. The smallest absolute Gasteiger partial charge is 0.229 e. The van der Waals surface area contributed by atoms with Gasteiger partial charge in [0.05, 0.1) is 10.4 Å². The molecule has 1 aromatic carbocycles. The number of ether oxygens (including phenoxy) is 2. The van der Waals surface area contributed by atoms with Gasteiger partial charge < -0.3 is 14.8 Å². The van der Waals surface area contributed by atoms with E-state index in [0.29, 0.717) is 49.1 Å². The highest BCUT2D eigenvalue weighted by Gasteiger charge is 2.67. The van der Waals surface area contributed by atoms with Crippen molar-refractivity contribution in [3.05, 3.63) is 22.7 Å². The molecule has 1 heterocycles. The van der Waals surface area contributed by atoms with Crippen molar-refractivity contribution in [1.82, 2.24) is 5.32 Å². The van der Waals surface area contributed by atoms with E-state index in [1.165, 1.54) is 0 Å². The van der Waals surface area contributed by atoms with Crippen LogP contribution >= 0.6 is 34.8 Å². The van der Waals surface area contributed by atoms with Crippen LogP contribution in [0.3, 0.4) is 0 Å². The van der Waals surface area contributed by atoms with E-state index in [4.69, 9.17) is 44.3 Å². The summed E-state index contributed by atoms with van der Waals surface area (Å²) in [7, 11) is 0. The number of fused-ring (bicyclic) bond motifs is 1. The van der Waals surface area contributed by atoms with Crippen LogP contribution in [-0.2, 0) is 11.2 Å². The minimum Gasteiger partial charge on any atom is -0.486 e. The van der Waals surface area contributed by atoms with Crippen molar-refractivity contribution >= 4 is 40.7 Å². The second-order valence-corrected chi connectivity index (χ2v) is 7.71. The van der Waals surface area contributed by atoms with Gasteiger partial charge in [0, 0.05) is 6.54 Å². The van der Waals surface area contributed by atoms with Gasteiger partial charge in [0.25, 0.3) is 0 Å². The normalized spacial score (nSPS) is 24.7. The van der Waals surface area contributed by atoms with Gasteiger partial charge in [-0.1, -0.05) is 11.6 Å². The van der Waals surface area contributed by atoms with Crippen LogP contribution in [0.25, 0.3) is 0 Å². The Kier molecular flexibility index (Phi) is 4.12. The Bertz CT molecular complexity index is 620. The molecule has 1 amide bonds. The molecule has 0 saturated heterocycles. The number of amides is 1. The van der Waals surface area contributed by atoms with Crippen molar-refractivity contribution in [2.75, 3.05) is 19.8 Å². The molecule has 3 rings (SSSR count). The number of benzene rings is 1. The molecule has 1 aliphatic carbocycles. The fraction of sp³-hybridized carbons (Fsp3) is 0.533. The van der Waals surface area contributed by atoms with Crippen LogP contribution in [0.2, 0.25) is 5.02 Å². The Morgan fingerprint density at radius 3 is 2.68 bits per heavy atom. The van der Waals surface area contributed by atoms with Gasteiger partial charge in [-0.25, -0.2) is 0 Å². The average molecular weight is 365 g/mol. The summed E-state index contributed by atoms with van der Waals surface area (Å²) in [5.41, 5.74) is 0.277. The van der Waals surface area contributed by atoms with Crippen LogP contribution in [0.15, 0.2) is 12.1 Å². The number of hydrogen-bond donors (Lipinski definition) is 1. The zero-order valence-electron chi connectivity index (χ0n) is 12.0. The predicted molar refractivity (Wildman–Crippen MR) is 86.3 cm³/mol. The molecular formula is C15H16Cl3NO3. The zero-order chi connectivity index (χ0) is 16.0. The highest BCUT2D eigenvalue weighted by atomic mass is 35.5. The predicted octanol–water partition coefficient (Wildman–Crippen LogP) is 3.35. The second-order valence-electron chi connectivity index (χ2n) is 5.82. The number of hydrogen-bond acceptors (Lipinski definition) is 3. The summed E-state index contributed by atoms with van der Waals surface area (Å²) in [6.45, 7) is 3.26. The van der Waals surface area contributed by atoms with Crippen molar-refractivity contribution < 1.29 is 14.3 Å². The molecule has 22 heavy (non-hydrogen) atoms. The second kappa shape index (κ2) is 5.66. The maximum Gasteiger partial charge on any atom is 0.229 e. The third-order valence-corrected chi connectivity index (χ3v) is 5.50. The van der Waals surface area contributed by atoms with E-state index < -0.39 is 9.75 Å². The van der Waals surface area contributed by atoms with Crippen molar-refractivity contribution in [1.29, 1.82) is 0 Å². The van der Waals surface area contributed by atoms with E-state index in [0.717, 1.165) is 5.56 Å². The van der Waals surface area contributed by atoms with Gasteiger partial charge in [-0.15, -0.1) is 23.2 Å². The molecule has 120 valence electrons. The number of nitrogens with one attached hydrogen (secondary N) is 1. The Balaban J connectivity index is 1.58. The number of carbonyl (C=O) groups is 1. The molecule has 0 bridgehead atoms. The Hall–Kier alpha value is -0.840. The summed E-state index contributed by atoms with van der Waals surface area (Å²) in [6.07, 6.45) is 1.11. The summed E-state index contributed by atoms with van der Waals surface area (Å²) in [4.78, 5) is 12.1. The highest BCUT2D eigenvalue weighted by Crippen LogP contribution is 2.63. The first-order valence-corrected chi connectivity index (χ1v) is 8.21. The van der Waals surface area contributed by atoms with Crippen molar-refractivity contribution in [3.63, 3.8) is 0 Å². The van der Waals surface area contributed by atoms with Crippen molar-refractivity contribution in [3.8, 4) is 11.5 Å². The van der Waals surface area contributed by atoms with Crippen LogP contribution in [-0.4, -0.2) is 30.0 Å². The van der Waals surface area contributed by atoms with E-state index in [2.05, 4.69) is 5.32 Å². The zero-order valence-corrected chi connectivity index (χ0v) is 14.3. The van der Waals surface area contributed by atoms with Crippen LogP contribution in [0, 0.1) is 5.41 Å². The molecule has 1 fully saturated rings. The maximum absolute atomic E-state index is 12.1. The molecule has 0 spiro atoms. The Morgan fingerprint density at radius 2 is 2.00 bits per heavy atom. The topological polar surface area (TPSA) is 47.6 Å². The Labute approximate surface area is 144 Å². The SMILES string of the molecule is CC1(C(=O)NCCc2cc(Cl)c3c(c2)OCCO3)CC1(Cl)Cl. The molecule has 1 saturated carbocycles. The first kappa shape index (κ1) is 16.0. The third-order valence-electron chi connectivity index (χ3n) is 4.11. The van der Waals surface area contributed by atoms with Crippen LogP contribution in [0.1, 0.15) is 18.9 Å². The van der Waals surface area contributed by atoms with E-state index >= 15 is 0 Å². The summed E-state index contributed by atoms with van der Waals surface area (Å²) in [6, 6.07) is 3.71. The molecule has 1 aromatic rings. The molecule has 1 N–H and O–H groups in total. The van der Waals surface area contributed by atoms with Crippen LogP contribution in [0.5, 0.6) is 11.5 Å². The van der Waals surface area contributed by atoms with Gasteiger partial charge in [-0.05, 0) is 37.5 Å². The maximum atomic E-state index is 12.1. The lowest BCUT2D eigenvalue weighted by Crippen LogP contribution is -2.34. The summed E-state index contributed by atoms with van der Waals surface area (Å²) < 4.78 is 10.1. The van der Waals surface area contributed by atoms with Gasteiger partial charge in [0.1, 0.15) is 17.5 Å². The van der Waals surface area contributed by atoms with Crippen LogP contribution < -0.4 is 14.8 Å². The van der Waals surface area contributed by atoms with Crippen molar-refractivity contribution in [2.24, 2.45) is 5.41 Å². The molecule has 7 heteroatoms. The number of carbonyl (C=O) groups excluding carboxylic acids is 1. The molecule has 4 nitrogen and oxygen atoms in total. The molecule has 1 unspecified atom stereocenters. The quantitative estimate of drug-likeness (QED) is 0.834. The van der Waals surface area contributed by atoms with Crippen LogP contribution in [0.4, 0.5) is 0 Å². The molecule has 1 atom stereocenters. The number of rotatable bonds is 4. The van der Waals surface area contributed by atoms with Gasteiger partial charge in [0.2, 0.25) is 5.91 Å². The highest BCUT2D eigenvalue weighted by molar-refractivity contribution is 6.53. The first-order valence-electron chi connectivity index (χ1n) is 7.08. The van der Waals surface area contributed by atoms with Gasteiger partial charge >= 0.3 is 0 Å². The number of alkyl halides is 2. The fourth-order valence-corrected chi connectivity index (χ4v) is 3.46. The molecule has 1 aliphatic heterocycles. The molecule has 0 aromatic heterocycles. The average Bonchev–Trinajstić information content (AvgIpc) is 2.99. The lowest BCUT2D eigenvalue weighted by Gasteiger charge is -2.20. The first-order chi connectivity index (χ1) is 10.3. The van der Waals surface area contributed by atoms with Gasteiger partial charge in [-0.2, -0.15) is 0 Å². The van der Waals surface area contributed by atoms with Gasteiger partial charge in [0.15, 0.2) is 11.5 Å². The van der Waals surface area contributed by atoms with E-state index in [1.54, 1.807) is 6.92 Å². The van der Waals surface area contributed by atoms with Gasteiger partial charge in [-0.3, -0.25) is 4.79 Å². The van der Waals surface area contributed by atoms with E-state index in [9.17, 15) is 4.79 Å². The Morgan fingerprint density at radius 1 is 1.32 bits per heavy atom. The monoisotopic (exact) mass is 363 g/mol. The van der Waals surface area contributed by atoms with E-state index in [-0.39, 0.29) is 5.91 Å². The summed E-state index contributed by atoms with van der Waals surface area (Å²) >= 11 is 18.2. The van der Waals surface area contributed by atoms with E-state index in [1.807, 2.05) is 12.1 Å². The number of halogens is 3. The lowest BCUT2D eigenvalue weighted by atomic mass is 10.1.